The first-order valence-electron chi connectivity index (χ1n) is 4.83. The number of benzene rings is 1. The molecule has 1 aliphatic rings. The van der Waals surface area contributed by atoms with Crippen LogP contribution in [-0.4, -0.2) is 0 Å². The summed E-state index contributed by atoms with van der Waals surface area (Å²) in [7, 11) is 0. The SMILES string of the molecule is CCc1ccc(C2CC2C#N)cc1. The molecule has 1 aromatic rings. The average Bonchev–Trinajstić information content (AvgIpc) is 2.97. The van der Waals surface area contributed by atoms with Gasteiger partial charge in [-0.25, -0.2) is 0 Å². The summed E-state index contributed by atoms with van der Waals surface area (Å²) in [4.78, 5) is 0. The topological polar surface area (TPSA) is 23.8 Å². The number of hydrogen-bond donors (Lipinski definition) is 0. The van der Waals surface area contributed by atoms with Gasteiger partial charge in [-0.1, -0.05) is 31.2 Å². The lowest BCUT2D eigenvalue weighted by molar-refractivity contribution is 1.02. The minimum Gasteiger partial charge on any atom is -0.198 e. The summed E-state index contributed by atoms with van der Waals surface area (Å²) in [6.07, 6.45) is 2.15. The maximum absolute atomic E-state index is 8.69. The van der Waals surface area contributed by atoms with Crippen molar-refractivity contribution >= 4 is 0 Å². The van der Waals surface area contributed by atoms with Crippen molar-refractivity contribution in [1.29, 1.82) is 5.26 Å². The zero-order valence-corrected chi connectivity index (χ0v) is 7.83. The van der Waals surface area contributed by atoms with Crippen molar-refractivity contribution in [3.63, 3.8) is 0 Å². The third-order valence-electron chi connectivity index (χ3n) is 2.77. The van der Waals surface area contributed by atoms with E-state index in [1.54, 1.807) is 0 Å². The fraction of sp³-hybridized carbons (Fsp3) is 0.417. The Morgan fingerprint density at radius 3 is 2.54 bits per heavy atom. The molecule has 1 saturated carbocycles. The zero-order chi connectivity index (χ0) is 9.26. The number of rotatable bonds is 2. The largest absolute Gasteiger partial charge is 0.198 e. The number of hydrogen-bond acceptors (Lipinski definition) is 1. The van der Waals surface area contributed by atoms with Crippen LogP contribution in [-0.2, 0) is 6.42 Å². The molecular weight excluding hydrogens is 158 g/mol. The van der Waals surface area contributed by atoms with Gasteiger partial charge in [0, 0.05) is 5.92 Å². The summed E-state index contributed by atoms with van der Waals surface area (Å²) in [5.41, 5.74) is 2.71. The van der Waals surface area contributed by atoms with Gasteiger partial charge in [-0.2, -0.15) is 5.26 Å². The van der Waals surface area contributed by atoms with Gasteiger partial charge >= 0.3 is 0 Å². The Balaban J connectivity index is 2.12. The van der Waals surface area contributed by atoms with Crippen molar-refractivity contribution < 1.29 is 0 Å². The lowest BCUT2D eigenvalue weighted by Crippen LogP contribution is -1.84. The quantitative estimate of drug-likeness (QED) is 0.671. The second-order valence-corrected chi connectivity index (χ2v) is 3.67. The molecule has 1 aromatic carbocycles. The highest BCUT2D eigenvalue weighted by Gasteiger charge is 2.38. The molecule has 1 heteroatoms. The summed E-state index contributed by atoms with van der Waals surface area (Å²) < 4.78 is 0. The third-order valence-corrected chi connectivity index (χ3v) is 2.77. The van der Waals surface area contributed by atoms with E-state index in [2.05, 4.69) is 37.3 Å². The first-order chi connectivity index (χ1) is 6.35. The Kier molecular flexibility index (Phi) is 2.06. The maximum Gasteiger partial charge on any atom is 0.0662 e. The highest BCUT2D eigenvalue weighted by atomic mass is 14.4. The molecule has 2 unspecified atom stereocenters. The van der Waals surface area contributed by atoms with Gasteiger partial charge in [0.05, 0.1) is 12.0 Å². The second-order valence-electron chi connectivity index (χ2n) is 3.67. The Labute approximate surface area is 79.0 Å². The summed E-state index contributed by atoms with van der Waals surface area (Å²) in [6, 6.07) is 11.0. The zero-order valence-electron chi connectivity index (χ0n) is 7.83. The van der Waals surface area contributed by atoms with Crippen molar-refractivity contribution in [3.8, 4) is 6.07 Å². The van der Waals surface area contributed by atoms with Crippen LogP contribution in [0.1, 0.15) is 30.4 Å². The van der Waals surface area contributed by atoms with E-state index in [1.165, 1.54) is 11.1 Å². The number of nitrogens with zero attached hydrogens (tertiary/aromatic N) is 1. The van der Waals surface area contributed by atoms with E-state index in [9.17, 15) is 0 Å². The lowest BCUT2D eigenvalue weighted by atomic mass is 10.1. The lowest BCUT2D eigenvalue weighted by Gasteiger charge is -1.99. The van der Waals surface area contributed by atoms with Gasteiger partial charge in [-0.15, -0.1) is 0 Å². The van der Waals surface area contributed by atoms with Gasteiger partial charge in [0.25, 0.3) is 0 Å². The number of aryl methyl sites for hydroxylation is 1. The van der Waals surface area contributed by atoms with Crippen molar-refractivity contribution in [2.45, 2.75) is 25.7 Å². The van der Waals surface area contributed by atoms with Crippen molar-refractivity contribution in [2.75, 3.05) is 0 Å². The molecule has 0 bridgehead atoms. The van der Waals surface area contributed by atoms with E-state index >= 15 is 0 Å². The van der Waals surface area contributed by atoms with Crippen LogP contribution in [0.5, 0.6) is 0 Å². The molecule has 1 aliphatic carbocycles. The van der Waals surface area contributed by atoms with Crippen LogP contribution in [0.15, 0.2) is 24.3 Å². The van der Waals surface area contributed by atoms with Crippen molar-refractivity contribution in [2.24, 2.45) is 5.92 Å². The van der Waals surface area contributed by atoms with E-state index in [0.717, 1.165) is 12.8 Å². The molecule has 0 saturated heterocycles. The highest BCUT2D eigenvalue weighted by Crippen LogP contribution is 2.46. The molecule has 2 atom stereocenters. The Hall–Kier alpha value is -1.29. The van der Waals surface area contributed by atoms with E-state index in [-0.39, 0.29) is 5.92 Å². The standard InChI is InChI=1S/C12H13N/c1-2-9-3-5-10(6-4-9)12-7-11(12)8-13/h3-6,11-12H,2,7H2,1H3. The van der Waals surface area contributed by atoms with Crippen molar-refractivity contribution in [1.82, 2.24) is 0 Å². The molecule has 66 valence electrons. The van der Waals surface area contributed by atoms with E-state index < -0.39 is 0 Å². The molecule has 2 rings (SSSR count). The molecule has 0 aromatic heterocycles. The molecule has 13 heavy (non-hydrogen) atoms. The average molecular weight is 171 g/mol. The molecule has 0 spiro atoms. The normalized spacial score (nSPS) is 25.2. The smallest absolute Gasteiger partial charge is 0.0662 e. The predicted molar refractivity (Wildman–Crippen MR) is 52.3 cm³/mol. The Morgan fingerprint density at radius 2 is 2.08 bits per heavy atom. The predicted octanol–water partition coefficient (Wildman–Crippen LogP) is 2.88. The Bertz CT molecular complexity index is 331. The minimum atomic E-state index is 0.285. The van der Waals surface area contributed by atoms with Gasteiger partial charge in [0.15, 0.2) is 0 Å². The fourth-order valence-electron chi connectivity index (χ4n) is 1.71. The Morgan fingerprint density at radius 1 is 1.38 bits per heavy atom. The first kappa shape index (κ1) is 8.31. The molecule has 0 N–H and O–H groups in total. The first-order valence-corrected chi connectivity index (χ1v) is 4.83. The molecular formula is C12H13N. The molecule has 0 aliphatic heterocycles. The van der Waals surface area contributed by atoms with Crippen LogP contribution in [0.4, 0.5) is 0 Å². The van der Waals surface area contributed by atoms with E-state index in [4.69, 9.17) is 5.26 Å². The second kappa shape index (κ2) is 3.22. The van der Waals surface area contributed by atoms with Crippen molar-refractivity contribution in [3.05, 3.63) is 35.4 Å². The summed E-state index contributed by atoms with van der Waals surface area (Å²) in [6.45, 7) is 2.16. The summed E-state index contributed by atoms with van der Waals surface area (Å²) in [5, 5.41) is 8.69. The van der Waals surface area contributed by atoms with Gasteiger partial charge in [-0.05, 0) is 24.0 Å². The maximum atomic E-state index is 8.69. The van der Waals surface area contributed by atoms with Crippen LogP contribution in [0.25, 0.3) is 0 Å². The molecule has 0 radical (unpaired) electrons. The minimum absolute atomic E-state index is 0.285. The van der Waals surface area contributed by atoms with E-state index in [1.807, 2.05) is 0 Å². The van der Waals surface area contributed by atoms with Gasteiger partial charge in [0.2, 0.25) is 0 Å². The monoisotopic (exact) mass is 171 g/mol. The van der Waals surface area contributed by atoms with Crippen LogP contribution >= 0.6 is 0 Å². The number of nitriles is 1. The van der Waals surface area contributed by atoms with Gasteiger partial charge < -0.3 is 0 Å². The molecule has 0 amide bonds. The molecule has 1 nitrogen and oxygen atoms in total. The van der Waals surface area contributed by atoms with Gasteiger partial charge in [-0.3, -0.25) is 0 Å². The van der Waals surface area contributed by atoms with Crippen LogP contribution in [0.2, 0.25) is 0 Å². The third kappa shape index (κ3) is 1.58. The fourth-order valence-corrected chi connectivity index (χ4v) is 1.71. The molecule has 1 fully saturated rings. The van der Waals surface area contributed by atoms with Gasteiger partial charge in [0.1, 0.15) is 0 Å². The van der Waals surface area contributed by atoms with Crippen LogP contribution < -0.4 is 0 Å². The summed E-state index contributed by atoms with van der Waals surface area (Å²) >= 11 is 0. The van der Waals surface area contributed by atoms with E-state index in [0.29, 0.717) is 5.92 Å². The van der Waals surface area contributed by atoms with Crippen LogP contribution in [0, 0.1) is 17.2 Å². The molecule has 0 heterocycles. The highest BCUT2D eigenvalue weighted by molar-refractivity contribution is 5.31. The van der Waals surface area contributed by atoms with Crippen LogP contribution in [0.3, 0.4) is 0 Å². The summed E-state index contributed by atoms with van der Waals surface area (Å²) in [5.74, 6) is 0.809.